The molecule has 1 atom stereocenters. The van der Waals surface area contributed by atoms with Crippen LogP contribution in [0.5, 0.6) is 5.75 Å². The second-order valence-corrected chi connectivity index (χ2v) is 10.7. The van der Waals surface area contributed by atoms with Gasteiger partial charge in [-0.3, -0.25) is 19.2 Å². The van der Waals surface area contributed by atoms with Crippen LogP contribution < -0.4 is 15.0 Å². The highest BCUT2D eigenvalue weighted by Crippen LogP contribution is 2.22. The number of carbonyl (C=O) groups is 4. The number of nitrogens with zero attached hydrogens (tertiary/aromatic N) is 3. The summed E-state index contributed by atoms with van der Waals surface area (Å²) >= 11 is 0. The average molecular weight is 600 g/mol. The van der Waals surface area contributed by atoms with Gasteiger partial charge in [0.25, 0.3) is 0 Å². The summed E-state index contributed by atoms with van der Waals surface area (Å²) < 4.78 is 18.9. The zero-order valence-electron chi connectivity index (χ0n) is 24.6. The highest BCUT2D eigenvalue weighted by atomic mass is 19.1. The molecular weight excluding hydrogens is 565 g/mol. The second-order valence-electron chi connectivity index (χ2n) is 10.7. The summed E-state index contributed by atoms with van der Waals surface area (Å²) in [5, 5.41) is 3.45. The van der Waals surface area contributed by atoms with Gasteiger partial charge in [0, 0.05) is 49.3 Å². The number of likely N-dealkylation sites (N-methyl/N-ethyl adjacent to an activating group) is 1. The minimum atomic E-state index is -0.879. The normalized spacial score (nSPS) is 13.9. The molecule has 0 aliphatic carbocycles. The maximum absolute atomic E-state index is 13.7. The molecule has 44 heavy (non-hydrogen) atoms. The van der Waals surface area contributed by atoms with Crippen LogP contribution in [0.2, 0.25) is 0 Å². The number of benzene rings is 3. The van der Waals surface area contributed by atoms with Crippen molar-refractivity contribution in [1.82, 2.24) is 20.1 Å². The number of rotatable bonds is 10. The Hall–Kier alpha value is -5.19. The summed E-state index contributed by atoms with van der Waals surface area (Å²) in [7, 11) is 3.20. The largest absolute Gasteiger partial charge is 0.497 e. The van der Waals surface area contributed by atoms with E-state index in [2.05, 4.69) is 10.3 Å². The highest BCUT2D eigenvalue weighted by molar-refractivity contribution is 5.99. The van der Waals surface area contributed by atoms with E-state index in [-0.39, 0.29) is 56.7 Å². The molecule has 2 heterocycles. The van der Waals surface area contributed by atoms with Gasteiger partial charge in [0.2, 0.25) is 23.6 Å². The van der Waals surface area contributed by atoms with Crippen LogP contribution in [-0.4, -0.2) is 84.8 Å². The lowest BCUT2D eigenvalue weighted by Gasteiger charge is -2.34. The number of halogens is 1. The van der Waals surface area contributed by atoms with Gasteiger partial charge in [0.1, 0.15) is 17.6 Å². The van der Waals surface area contributed by atoms with Crippen LogP contribution in [0.1, 0.15) is 11.1 Å². The number of H-pyrrole nitrogens is 1. The molecule has 0 spiro atoms. The fourth-order valence-corrected chi connectivity index (χ4v) is 5.29. The molecule has 0 bridgehead atoms. The smallest absolute Gasteiger partial charge is 0.249 e. The van der Waals surface area contributed by atoms with Crippen LogP contribution in [0.15, 0.2) is 79.0 Å². The van der Waals surface area contributed by atoms with E-state index in [4.69, 9.17) is 4.74 Å². The fraction of sp³-hybridized carbons (Fsp3) is 0.273. The van der Waals surface area contributed by atoms with Crippen molar-refractivity contribution in [2.45, 2.75) is 18.9 Å². The van der Waals surface area contributed by atoms with Crippen LogP contribution in [-0.2, 0) is 32.0 Å². The number of nitrogens with one attached hydrogen (secondary N) is 2. The Balaban J connectivity index is 1.20. The minimum Gasteiger partial charge on any atom is -0.497 e. The lowest BCUT2D eigenvalue weighted by atomic mass is 10.0. The van der Waals surface area contributed by atoms with Crippen molar-refractivity contribution in [2.75, 3.05) is 45.2 Å². The standard InChI is InChI=1S/C33H34FN5O5/c1-37(25-9-11-26(44-2)12-10-25)33(43)29(16-22-6-4-3-5-7-22)36-30(40)20-38-14-15-39(21-32(38)42)31(41)17-23-19-35-28-13-8-24(34)18-27(23)28/h3-13,18-19,29,35H,14-17,20-21H2,1-2H3,(H,36,40)/t29-/m0/s1. The number of aromatic amines is 1. The molecule has 2 N–H and O–H groups in total. The number of piperazine rings is 1. The Kier molecular flexibility index (Phi) is 9.23. The number of hydrogen-bond acceptors (Lipinski definition) is 5. The molecule has 3 aromatic carbocycles. The van der Waals surface area contributed by atoms with Crippen LogP contribution in [0.25, 0.3) is 10.9 Å². The maximum Gasteiger partial charge on any atom is 0.249 e. The van der Waals surface area contributed by atoms with Crippen LogP contribution >= 0.6 is 0 Å². The predicted molar refractivity (Wildman–Crippen MR) is 164 cm³/mol. The topological polar surface area (TPSA) is 115 Å². The number of anilines is 1. The van der Waals surface area contributed by atoms with E-state index >= 15 is 0 Å². The first-order valence-electron chi connectivity index (χ1n) is 14.3. The molecule has 1 aromatic heterocycles. The van der Waals surface area contributed by atoms with Crippen molar-refractivity contribution in [3.63, 3.8) is 0 Å². The van der Waals surface area contributed by atoms with E-state index in [1.54, 1.807) is 50.7 Å². The van der Waals surface area contributed by atoms with Crippen molar-refractivity contribution in [1.29, 1.82) is 0 Å². The molecule has 5 rings (SSSR count). The van der Waals surface area contributed by atoms with Gasteiger partial charge < -0.3 is 29.7 Å². The summed E-state index contributed by atoms with van der Waals surface area (Å²) in [4.78, 5) is 60.1. The Morgan fingerprint density at radius 3 is 2.50 bits per heavy atom. The highest BCUT2D eigenvalue weighted by Gasteiger charge is 2.31. The zero-order valence-corrected chi connectivity index (χ0v) is 24.6. The van der Waals surface area contributed by atoms with E-state index in [1.807, 2.05) is 30.3 Å². The maximum atomic E-state index is 13.7. The van der Waals surface area contributed by atoms with Crippen molar-refractivity contribution >= 4 is 40.2 Å². The van der Waals surface area contributed by atoms with Gasteiger partial charge in [-0.1, -0.05) is 30.3 Å². The molecule has 0 radical (unpaired) electrons. The number of fused-ring (bicyclic) bond motifs is 1. The monoisotopic (exact) mass is 599 g/mol. The summed E-state index contributed by atoms with van der Waals surface area (Å²) in [6.45, 7) is 0.00747. The molecular formula is C33H34FN5O5. The molecule has 0 saturated carbocycles. The van der Waals surface area contributed by atoms with E-state index in [0.29, 0.717) is 22.4 Å². The van der Waals surface area contributed by atoms with Crippen LogP contribution in [0.4, 0.5) is 10.1 Å². The first kappa shape index (κ1) is 30.3. The van der Waals surface area contributed by atoms with Gasteiger partial charge in [-0.2, -0.15) is 0 Å². The third-order valence-corrected chi connectivity index (χ3v) is 7.78. The number of carbonyl (C=O) groups excluding carboxylic acids is 4. The summed E-state index contributed by atoms with van der Waals surface area (Å²) in [5.41, 5.74) is 2.88. The number of ether oxygens (including phenoxy) is 1. The predicted octanol–water partition coefficient (Wildman–Crippen LogP) is 2.92. The molecule has 11 heteroatoms. The molecule has 4 amide bonds. The van der Waals surface area contributed by atoms with E-state index in [1.165, 1.54) is 26.8 Å². The fourth-order valence-electron chi connectivity index (χ4n) is 5.29. The average Bonchev–Trinajstić information content (AvgIpc) is 3.42. The van der Waals surface area contributed by atoms with Crippen molar-refractivity contribution in [3.8, 4) is 5.75 Å². The molecule has 4 aromatic rings. The molecule has 1 fully saturated rings. The van der Waals surface area contributed by atoms with E-state index in [0.717, 1.165) is 11.1 Å². The summed E-state index contributed by atoms with van der Waals surface area (Å²) in [6, 6.07) is 19.8. The molecule has 10 nitrogen and oxygen atoms in total. The molecule has 1 saturated heterocycles. The number of amides is 4. The first-order valence-corrected chi connectivity index (χ1v) is 14.3. The van der Waals surface area contributed by atoms with Crippen molar-refractivity contribution in [2.24, 2.45) is 0 Å². The van der Waals surface area contributed by atoms with Gasteiger partial charge in [0.15, 0.2) is 0 Å². The zero-order chi connectivity index (χ0) is 31.2. The lowest BCUT2D eigenvalue weighted by molar-refractivity contribution is -0.146. The Labute approximate surface area is 254 Å². The van der Waals surface area contributed by atoms with Gasteiger partial charge in [-0.15, -0.1) is 0 Å². The van der Waals surface area contributed by atoms with Crippen molar-refractivity contribution < 1.29 is 28.3 Å². The third-order valence-electron chi connectivity index (χ3n) is 7.78. The van der Waals surface area contributed by atoms with Gasteiger partial charge >= 0.3 is 0 Å². The number of aromatic nitrogens is 1. The van der Waals surface area contributed by atoms with Crippen molar-refractivity contribution in [3.05, 3.63) is 95.9 Å². The third kappa shape index (κ3) is 7.05. The van der Waals surface area contributed by atoms with E-state index < -0.39 is 17.8 Å². The lowest BCUT2D eigenvalue weighted by Crippen LogP contribution is -2.56. The van der Waals surface area contributed by atoms with Gasteiger partial charge in [-0.25, -0.2) is 4.39 Å². The van der Waals surface area contributed by atoms with Crippen LogP contribution in [0.3, 0.4) is 0 Å². The SMILES string of the molecule is COc1ccc(N(C)C(=O)[C@H](Cc2ccccc2)NC(=O)CN2CCN(C(=O)Cc3c[nH]c4ccc(F)cc34)CC2=O)cc1. The van der Waals surface area contributed by atoms with E-state index in [9.17, 15) is 23.6 Å². The summed E-state index contributed by atoms with van der Waals surface area (Å²) in [6.07, 6.45) is 1.95. The Morgan fingerprint density at radius 2 is 1.80 bits per heavy atom. The number of hydrogen-bond donors (Lipinski definition) is 2. The van der Waals surface area contributed by atoms with Gasteiger partial charge in [0.05, 0.1) is 26.6 Å². The number of methoxy groups -OCH3 is 1. The van der Waals surface area contributed by atoms with Gasteiger partial charge in [-0.05, 0) is 53.6 Å². The quantitative estimate of drug-likeness (QED) is 0.291. The molecule has 228 valence electrons. The molecule has 1 aliphatic heterocycles. The first-order chi connectivity index (χ1) is 21.2. The second kappa shape index (κ2) is 13.4. The minimum absolute atomic E-state index is 0.0161. The Bertz CT molecular complexity index is 1660. The molecule has 0 unspecified atom stereocenters. The Morgan fingerprint density at radius 1 is 1.05 bits per heavy atom. The molecule has 1 aliphatic rings. The van der Waals surface area contributed by atoms with Crippen LogP contribution in [0, 0.1) is 5.82 Å². The summed E-state index contributed by atoms with van der Waals surface area (Å²) in [5.74, 6) is -1.16.